The quantitative estimate of drug-likeness (QED) is 0.649. The van der Waals surface area contributed by atoms with Crippen LogP contribution in [0.5, 0.6) is 5.75 Å². The van der Waals surface area contributed by atoms with Gasteiger partial charge in [-0.25, -0.2) is 0 Å². The molecule has 0 aliphatic rings. The molecule has 23 heavy (non-hydrogen) atoms. The molecule has 0 aliphatic heterocycles. The summed E-state index contributed by atoms with van der Waals surface area (Å²) in [4.78, 5) is 10.9. The highest BCUT2D eigenvalue weighted by molar-refractivity contribution is 7.87. The van der Waals surface area contributed by atoms with Gasteiger partial charge in [0, 0.05) is 11.9 Å². The zero-order valence-corrected chi connectivity index (χ0v) is 14.0. The second-order valence-corrected chi connectivity index (χ2v) is 6.86. The van der Waals surface area contributed by atoms with Gasteiger partial charge >= 0.3 is 10.1 Å². The third-order valence-electron chi connectivity index (χ3n) is 2.96. The lowest BCUT2D eigenvalue weighted by molar-refractivity contribution is -0.114. The van der Waals surface area contributed by atoms with Crippen LogP contribution >= 0.6 is 11.6 Å². The molecule has 0 heterocycles. The number of nitrogens with two attached hydrogens (primary N) is 1. The molecule has 8 heteroatoms. The highest BCUT2D eigenvalue weighted by Gasteiger charge is 2.19. The van der Waals surface area contributed by atoms with E-state index in [0.717, 1.165) is 0 Å². The molecule has 6 nitrogen and oxygen atoms in total. The van der Waals surface area contributed by atoms with Crippen molar-refractivity contribution in [1.82, 2.24) is 0 Å². The molecule has 122 valence electrons. The van der Waals surface area contributed by atoms with Gasteiger partial charge in [0.2, 0.25) is 5.91 Å². The van der Waals surface area contributed by atoms with Crippen molar-refractivity contribution in [2.24, 2.45) is 0 Å². The van der Waals surface area contributed by atoms with Crippen molar-refractivity contribution in [3.05, 3.63) is 47.0 Å². The third-order valence-corrected chi connectivity index (χ3v) is 4.42. The highest BCUT2D eigenvalue weighted by Crippen LogP contribution is 2.28. The Morgan fingerprint density at radius 3 is 2.48 bits per heavy atom. The van der Waals surface area contributed by atoms with E-state index >= 15 is 0 Å². The predicted molar refractivity (Wildman–Crippen MR) is 89.2 cm³/mol. The Morgan fingerprint density at radius 2 is 1.91 bits per heavy atom. The maximum atomic E-state index is 12.3. The van der Waals surface area contributed by atoms with Gasteiger partial charge in [0.1, 0.15) is 10.6 Å². The van der Waals surface area contributed by atoms with Crippen LogP contribution in [-0.2, 0) is 14.9 Å². The monoisotopic (exact) mass is 354 g/mol. The fourth-order valence-electron chi connectivity index (χ4n) is 1.87. The Labute approximate surface area is 139 Å². The normalized spacial score (nSPS) is 11.1. The number of aryl methyl sites for hydroxylation is 1. The van der Waals surface area contributed by atoms with E-state index in [0.29, 0.717) is 16.3 Å². The van der Waals surface area contributed by atoms with E-state index in [1.165, 1.54) is 37.3 Å². The van der Waals surface area contributed by atoms with Crippen molar-refractivity contribution in [2.75, 3.05) is 11.1 Å². The van der Waals surface area contributed by atoms with Gasteiger partial charge in [0.15, 0.2) is 0 Å². The molecule has 2 aromatic carbocycles. The summed E-state index contributed by atoms with van der Waals surface area (Å²) >= 11 is 5.83. The molecule has 2 aromatic rings. The van der Waals surface area contributed by atoms with Crippen LogP contribution in [-0.4, -0.2) is 14.3 Å². The summed E-state index contributed by atoms with van der Waals surface area (Å²) < 4.78 is 29.8. The number of nitrogens with one attached hydrogen (secondary N) is 1. The zero-order chi connectivity index (χ0) is 17.2. The molecular formula is C15H15ClN2O4S. The van der Waals surface area contributed by atoms with E-state index in [9.17, 15) is 13.2 Å². The van der Waals surface area contributed by atoms with Gasteiger partial charge in [-0.2, -0.15) is 8.42 Å². The number of nitrogen functional groups attached to an aromatic ring is 1. The van der Waals surface area contributed by atoms with Crippen LogP contribution in [0.25, 0.3) is 0 Å². The first-order valence-corrected chi connectivity index (χ1v) is 8.35. The number of benzene rings is 2. The van der Waals surface area contributed by atoms with Crippen molar-refractivity contribution in [3.8, 4) is 5.75 Å². The Bertz CT molecular complexity index is 866. The SMILES string of the molecule is CC(=O)Nc1ccc(S(=O)(=O)Oc2ccc(Cl)cc2C)cc1N. The number of hydrogen-bond acceptors (Lipinski definition) is 5. The maximum absolute atomic E-state index is 12.3. The Kier molecular flexibility index (Phi) is 4.82. The van der Waals surface area contributed by atoms with Crippen LogP contribution in [0.4, 0.5) is 11.4 Å². The van der Waals surface area contributed by atoms with Gasteiger partial charge in [0.25, 0.3) is 0 Å². The summed E-state index contributed by atoms with van der Waals surface area (Å²) in [6.45, 7) is 3.02. The van der Waals surface area contributed by atoms with Crippen LogP contribution in [0.1, 0.15) is 12.5 Å². The third kappa shape index (κ3) is 4.14. The minimum Gasteiger partial charge on any atom is -0.397 e. The van der Waals surface area contributed by atoms with Gasteiger partial charge in [-0.1, -0.05) is 11.6 Å². The number of anilines is 2. The number of amides is 1. The van der Waals surface area contributed by atoms with Gasteiger partial charge in [-0.05, 0) is 48.9 Å². The molecule has 0 aromatic heterocycles. The predicted octanol–water partition coefficient (Wildman–Crippen LogP) is 2.96. The molecular weight excluding hydrogens is 340 g/mol. The molecule has 0 radical (unpaired) electrons. The minimum absolute atomic E-state index is 0.113. The molecule has 3 N–H and O–H groups in total. The van der Waals surface area contributed by atoms with E-state index < -0.39 is 10.1 Å². The number of carbonyl (C=O) groups is 1. The van der Waals surface area contributed by atoms with Crippen molar-refractivity contribution in [2.45, 2.75) is 18.7 Å². The fraction of sp³-hybridized carbons (Fsp3) is 0.133. The standard InChI is InChI=1S/C15H15ClN2O4S/c1-9-7-11(16)3-6-15(9)22-23(20,21)12-4-5-14(13(17)8-12)18-10(2)19/h3-8H,17H2,1-2H3,(H,18,19). The topological polar surface area (TPSA) is 98.5 Å². The summed E-state index contributed by atoms with van der Waals surface area (Å²) in [5.41, 5.74) is 6.80. The summed E-state index contributed by atoms with van der Waals surface area (Å²) in [7, 11) is -4.05. The first-order chi connectivity index (χ1) is 10.7. The zero-order valence-electron chi connectivity index (χ0n) is 12.5. The lowest BCUT2D eigenvalue weighted by atomic mass is 10.2. The number of carbonyl (C=O) groups excluding carboxylic acids is 1. The maximum Gasteiger partial charge on any atom is 0.339 e. The van der Waals surface area contributed by atoms with E-state index in [1.54, 1.807) is 13.0 Å². The Balaban J connectivity index is 2.32. The number of rotatable bonds is 4. The van der Waals surface area contributed by atoms with Crippen molar-refractivity contribution in [1.29, 1.82) is 0 Å². The molecule has 0 aliphatic carbocycles. The molecule has 2 rings (SSSR count). The lowest BCUT2D eigenvalue weighted by Crippen LogP contribution is -2.12. The van der Waals surface area contributed by atoms with E-state index in [2.05, 4.69) is 5.32 Å². The van der Waals surface area contributed by atoms with Gasteiger partial charge < -0.3 is 15.2 Å². The first kappa shape index (κ1) is 17.1. The van der Waals surface area contributed by atoms with Crippen LogP contribution in [0.15, 0.2) is 41.3 Å². The van der Waals surface area contributed by atoms with E-state index in [1.807, 2.05) is 0 Å². The van der Waals surface area contributed by atoms with E-state index in [-0.39, 0.29) is 22.2 Å². The van der Waals surface area contributed by atoms with Crippen molar-refractivity contribution in [3.63, 3.8) is 0 Å². The molecule has 1 amide bonds. The fourth-order valence-corrected chi connectivity index (χ4v) is 3.12. The average Bonchev–Trinajstić information content (AvgIpc) is 2.43. The molecule has 0 saturated heterocycles. The van der Waals surface area contributed by atoms with Gasteiger partial charge in [0.05, 0.1) is 11.4 Å². The minimum atomic E-state index is -4.05. The second kappa shape index (κ2) is 6.47. The molecule has 0 unspecified atom stereocenters. The van der Waals surface area contributed by atoms with Crippen LogP contribution in [0.3, 0.4) is 0 Å². The number of hydrogen-bond donors (Lipinski definition) is 2. The summed E-state index contributed by atoms with van der Waals surface area (Å²) in [5, 5.41) is 2.99. The summed E-state index contributed by atoms with van der Waals surface area (Å²) in [5.74, 6) is -0.126. The van der Waals surface area contributed by atoms with Gasteiger partial charge in [-0.15, -0.1) is 0 Å². The smallest absolute Gasteiger partial charge is 0.339 e. The lowest BCUT2D eigenvalue weighted by Gasteiger charge is -2.12. The molecule has 0 bridgehead atoms. The first-order valence-electron chi connectivity index (χ1n) is 6.57. The van der Waals surface area contributed by atoms with Crippen molar-refractivity contribution >= 4 is 39.0 Å². The van der Waals surface area contributed by atoms with Gasteiger partial charge in [-0.3, -0.25) is 4.79 Å². The summed E-state index contributed by atoms with van der Waals surface area (Å²) in [6.07, 6.45) is 0. The van der Waals surface area contributed by atoms with Crippen molar-refractivity contribution < 1.29 is 17.4 Å². The second-order valence-electron chi connectivity index (χ2n) is 4.88. The average molecular weight is 355 g/mol. The van der Waals surface area contributed by atoms with Crippen LogP contribution in [0.2, 0.25) is 5.02 Å². The molecule has 0 spiro atoms. The Morgan fingerprint density at radius 1 is 1.22 bits per heavy atom. The number of halogens is 1. The van der Waals surface area contributed by atoms with Crippen LogP contribution in [0, 0.1) is 6.92 Å². The van der Waals surface area contributed by atoms with E-state index in [4.69, 9.17) is 21.5 Å². The Hall–Kier alpha value is -2.25. The van der Waals surface area contributed by atoms with Crippen LogP contribution < -0.4 is 15.2 Å². The largest absolute Gasteiger partial charge is 0.397 e. The molecule has 0 fully saturated rings. The molecule has 0 saturated carbocycles. The molecule has 0 atom stereocenters. The summed E-state index contributed by atoms with van der Waals surface area (Å²) in [6, 6.07) is 8.55. The highest BCUT2D eigenvalue weighted by atomic mass is 35.5.